The van der Waals surface area contributed by atoms with E-state index in [1.807, 2.05) is 18.2 Å². The van der Waals surface area contributed by atoms with E-state index < -0.39 is 0 Å². The van der Waals surface area contributed by atoms with E-state index in [0.717, 1.165) is 24.9 Å². The van der Waals surface area contributed by atoms with Gasteiger partial charge >= 0.3 is 0 Å². The quantitative estimate of drug-likeness (QED) is 0.750. The highest BCUT2D eigenvalue weighted by atomic mass is 16.1. The third-order valence-corrected chi connectivity index (χ3v) is 3.64. The van der Waals surface area contributed by atoms with Crippen LogP contribution in [0.3, 0.4) is 0 Å². The molecular formula is C13H15NO. The van der Waals surface area contributed by atoms with Crippen molar-refractivity contribution in [1.29, 1.82) is 0 Å². The lowest BCUT2D eigenvalue weighted by Gasteiger charge is -2.16. The Morgan fingerprint density at radius 2 is 2.13 bits per heavy atom. The predicted molar refractivity (Wildman–Crippen MR) is 59.0 cm³/mol. The zero-order valence-electron chi connectivity index (χ0n) is 8.70. The Morgan fingerprint density at radius 1 is 1.27 bits per heavy atom. The van der Waals surface area contributed by atoms with Crippen molar-refractivity contribution in [1.82, 2.24) is 5.32 Å². The molecule has 1 heterocycles. The minimum atomic E-state index is 0.199. The average molecular weight is 201 g/mol. The molecular weight excluding hydrogens is 186 g/mol. The highest BCUT2D eigenvalue weighted by Crippen LogP contribution is 2.31. The van der Waals surface area contributed by atoms with Crippen molar-refractivity contribution in [3.63, 3.8) is 0 Å². The number of ketones is 1. The van der Waals surface area contributed by atoms with Crippen LogP contribution in [0, 0.1) is 5.92 Å². The third kappa shape index (κ3) is 1.40. The van der Waals surface area contributed by atoms with E-state index in [4.69, 9.17) is 0 Å². The fraction of sp³-hybridized carbons (Fsp3) is 0.462. The molecule has 2 unspecified atom stereocenters. The van der Waals surface area contributed by atoms with Crippen LogP contribution in [-0.4, -0.2) is 18.4 Å². The molecule has 1 fully saturated rings. The molecule has 78 valence electrons. The van der Waals surface area contributed by atoms with E-state index in [1.165, 1.54) is 12.0 Å². The van der Waals surface area contributed by atoms with Crippen LogP contribution >= 0.6 is 0 Å². The fourth-order valence-corrected chi connectivity index (χ4v) is 2.85. The molecule has 0 saturated carbocycles. The maximum atomic E-state index is 12.1. The topological polar surface area (TPSA) is 29.1 Å². The van der Waals surface area contributed by atoms with E-state index in [2.05, 4.69) is 11.4 Å². The van der Waals surface area contributed by atoms with E-state index in [-0.39, 0.29) is 5.92 Å². The number of nitrogens with one attached hydrogen (secondary N) is 1. The van der Waals surface area contributed by atoms with E-state index in [0.29, 0.717) is 11.8 Å². The Hall–Kier alpha value is -1.15. The van der Waals surface area contributed by atoms with Gasteiger partial charge in [0.2, 0.25) is 0 Å². The van der Waals surface area contributed by atoms with Gasteiger partial charge in [-0.15, -0.1) is 0 Å². The number of benzene rings is 1. The second kappa shape index (κ2) is 3.46. The molecule has 1 aliphatic carbocycles. The molecule has 1 aromatic rings. The van der Waals surface area contributed by atoms with Crippen LogP contribution < -0.4 is 5.32 Å². The van der Waals surface area contributed by atoms with Gasteiger partial charge in [0.25, 0.3) is 0 Å². The van der Waals surface area contributed by atoms with Crippen LogP contribution in [0.25, 0.3) is 0 Å². The van der Waals surface area contributed by atoms with Crippen molar-refractivity contribution in [2.24, 2.45) is 5.92 Å². The molecule has 0 spiro atoms. The molecule has 15 heavy (non-hydrogen) atoms. The normalized spacial score (nSPS) is 29.5. The second-order valence-corrected chi connectivity index (χ2v) is 4.53. The first kappa shape index (κ1) is 9.10. The number of carbonyl (C=O) groups excluding carboxylic acids is 1. The number of carbonyl (C=O) groups is 1. The maximum Gasteiger partial charge on any atom is 0.168 e. The summed E-state index contributed by atoms with van der Waals surface area (Å²) in [5.74, 6) is 0.551. The third-order valence-electron chi connectivity index (χ3n) is 3.64. The van der Waals surface area contributed by atoms with Gasteiger partial charge in [0.15, 0.2) is 5.78 Å². The average Bonchev–Trinajstić information content (AvgIpc) is 2.87. The second-order valence-electron chi connectivity index (χ2n) is 4.53. The monoisotopic (exact) mass is 201 g/mol. The molecule has 2 heteroatoms. The molecule has 1 aromatic carbocycles. The first-order chi connectivity index (χ1) is 7.36. The lowest BCUT2D eigenvalue weighted by Crippen LogP contribution is -2.33. The minimum absolute atomic E-state index is 0.199. The van der Waals surface area contributed by atoms with Crippen molar-refractivity contribution in [2.45, 2.75) is 25.3 Å². The van der Waals surface area contributed by atoms with E-state index in [1.54, 1.807) is 0 Å². The van der Waals surface area contributed by atoms with Gasteiger partial charge in [0.1, 0.15) is 0 Å². The summed E-state index contributed by atoms with van der Waals surface area (Å²) in [4.78, 5) is 12.1. The molecule has 2 aliphatic rings. The summed E-state index contributed by atoms with van der Waals surface area (Å²) in [6.45, 7) is 1.07. The van der Waals surface area contributed by atoms with E-state index >= 15 is 0 Å². The summed E-state index contributed by atoms with van der Waals surface area (Å²) in [5.41, 5.74) is 2.19. The number of hydrogen-bond donors (Lipinski definition) is 1. The Balaban J connectivity index is 1.89. The molecule has 0 bridgehead atoms. The minimum Gasteiger partial charge on any atom is -0.313 e. The largest absolute Gasteiger partial charge is 0.313 e. The molecule has 2 nitrogen and oxygen atoms in total. The van der Waals surface area contributed by atoms with Crippen LogP contribution in [0.2, 0.25) is 0 Å². The molecule has 0 radical (unpaired) electrons. The highest BCUT2D eigenvalue weighted by molar-refractivity contribution is 6.02. The highest BCUT2D eigenvalue weighted by Gasteiger charge is 2.36. The van der Waals surface area contributed by atoms with Gasteiger partial charge in [-0.25, -0.2) is 0 Å². The van der Waals surface area contributed by atoms with Gasteiger partial charge < -0.3 is 5.32 Å². The maximum absolute atomic E-state index is 12.1. The molecule has 3 rings (SSSR count). The van der Waals surface area contributed by atoms with Crippen LogP contribution in [0.15, 0.2) is 24.3 Å². The summed E-state index contributed by atoms with van der Waals surface area (Å²) in [7, 11) is 0. The molecule has 2 atom stereocenters. The Bertz CT molecular complexity index is 393. The van der Waals surface area contributed by atoms with Crippen LogP contribution in [0.4, 0.5) is 0 Å². The van der Waals surface area contributed by atoms with Gasteiger partial charge in [0.05, 0.1) is 0 Å². The fourth-order valence-electron chi connectivity index (χ4n) is 2.85. The lowest BCUT2D eigenvalue weighted by atomic mass is 9.94. The standard InChI is InChI=1S/C13H15NO/c15-13-10-5-2-1-4-9(10)8-11(13)12-6-3-7-14-12/h1-2,4-5,11-12,14H,3,6-8H2. The molecule has 1 aliphatic heterocycles. The van der Waals surface area contributed by atoms with Crippen LogP contribution in [-0.2, 0) is 6.42 Å². The zero-order chi connectivity index (χ0) is 10.3. The van der Waals surface area contributed by atoms with Crippen molar-refractivity contribution >= 4 is 5.78 Å². The first-order valence-electron chi connectivity index (χ1n) is 5.72. The molecule has 0 aromatic heterocycles. The molecule has 0 amide bonds. The number of Topliss-reactive ketones (excluding diaryl/α,β-unsaturated/α-hetero) is 1. The smallest absolute Gasteiger partial charge is 0.168 e. The molecule has 1 saturated heterocycles. The zero-order valence-corrected chi connectivity index (χ0v) is 8.70. The number of fused-ring (bicyclic) bond motifs is 1. The van der Waals surface area contributed by atoms with Crippen molar-refractivity contribution in [3.05, 3.63) is 35.4 Å². The summed E-state index contributed by atoms with van der Waals surface area (Å²) < 4.78 is 0. The Labute approximate surface area is 89.7 Å². The summed E-state index contributed by atoms with van der Waals surface area (Å²) in [5, 5.41) is 3.44. The number of hydrogen-bond acceptors (Lipinski definition) is 2. The predicted octanol–water partition coefficient (Wildman–Crippen LogP) is 1.79. The Morgan fingerprint density at radius 3 is 2.87 bits per heavy atom. The number of rotatable bonds is 1. The van der Waals surface area contributed by atoms with Crippen molar-refractivity contribution in [3.8, 4) is 0 Å². The SMILES string of the molecule is O=C1c2ccccc2CC1C1CCCN1. The van der Waals surface area contributed by atoms with Crippen LogP contribution in [0.5, 0.6) is 0 Å². The van der Waals surface area contributed by atoms with Gasteiger partial charge in [-0.1, -0.05) is 24.3 Å². The molecule has 1 N–H and O–H groups in total. The van der Waals surface area contributed by atoms with Gasteiger partial charge in [0, 0.05) is 17.5 Å². The summed E-state index contributed by atoms with van der Waals surface area (Å²) >= 11 is 0. The van der Waals surface area contributed by atoms with Crippen molar-refractivity contribution < 1.29 is 4.79 Å². The summed E-state index contributed by atoms with van der Waals surface area (Å²) in [6.07, 6.45) is 3.31. The van der Waals surface area contributed by atoms with Gasteiger partial charge in [-0.05, 0) is 31.4 Å². The first-order valence-corrected chi connectivity index (χ1v) is 5.72. The van der Waals surface area contributed by atoms with Crippen LogP contribution in [0.1, 0.15) is 28.8 Å². The van der Waals surface area contributed by atoms with Gasteiger partial charge in [-0.2, -0.15) is 0 Å². The van der Waals surface area contributed by atoms with E-state index in [9.17, 15) is 4.79 Å². The van der Waals surface area contributed by atoms with Crippen molar-refractivity contribution in [2.75, 3.05) is 6.54 Å². The van der Waals surface area contributed by atoms with Gasteiger partial charge in [-0.3, -0.25) is 4.79 Å². The summed E-state index contributed by atoms with van der Waals surface area (Å²) in [6, 6.07) is 8.46. The Kier molecular flexibility index (Phi) is 2.10. The lowest BCUT2D eigenvalue weighted by molar-refractivity contribution is 0.0914.